The number of H-pyrrole nitrogens is 1. The van der Waals surface area contributed by atoms with Gasteiger partial charge in [-0.1, -0.05) is 24.3 Å². The Labute approximate surface area is 156 Å². The summed E-state index contributed by atoms with van der Waals surface area (Å²) in [5, 5.41) is 2.54. The van der Waals surface area contributed by atoms with Crippen molar-refractivity contribution < 1.29 is 9.59 Å². The average Bonchev–Trinajstić information content (AvgIpc) is 3.32. The molecule has 138 valence electrons. The largest absolute Gasteiger partial charge is 0.352 e. The fraction of sp³-hybridized carbons (Fsp3) is 0.250. The molecule has 0 aliphatic carbocycles. The maximum Gasteiger partial charge on any atom is 0.312 e. The molecular weight excluding hydrogens is 342 g/mol. The lowest BCUT2D eigenvalue weighted by Crippen LogP contribution is -2.31. The Hall–Kier alpha value is -3.35. The monoisotopic (exact) mass is 363 g/mol. The van der Waals surface area contributed by atoms with E-state index in [0.717, 1.165) is 35.3 Å². The molecule has 4 N–H and O–H groups in total. The number of hydrogen-bond acceptors (Lipinski definition) is 3. The van der Waals surface area contributed by atoms with Gasteiger partial charge in [-0.15, -0.1) is 0 Å². The number of nitrogens with two attached hydrogens (primary N) is 1. The molecule has 0 spiro atoms. The molecule has 0 bridgehead atoms. The highest BCUT2D eigenvalue weighted by atomic mass is 16.2. The molecule has 7 nitrogen and oxygen atoms in total. The number of carbonyl (C=O) groups excluding carboxylic acids is 2. The number of amides is 3. The van der Waals surface area contributed by atoms with Gasteiger partial charge in [0.05, 0.1) is 17.1 Å². The zero-order valence-electron chi connectivity index (χ0n) is 14.8. The molecule has 27 heavy (non-hydrogen) atoms. The van der Waals surface area contributed by atoms with Crippen LogP contribution in [0, 0.1) is 0 Å². The van der Waals surface area contributed by atoms with Crippen LogP contribution >= 0.6 is 0 Å². The van der Waals surface area contributed by atoms with Crippen molar-refractivity contribution in [1.82, 2.24) is 20.2 Å². The molecule has 3 amide bonds. The number of primary amides is 1. The van der Waals surface area contributed by atoms with Crippen molar-refractivity contribution in [3.8, 4) is 0 Å². The second-order valence-electron chi connectivity index (χ2n) is 6.71. The molecule has 0 radical (unpaired) electrons. The quantitative estimate of drug-likeness (QED) is 0.664. The molecule has 4 rings (SSSR count). The second kappa shape index (κ2) is 7.11. The molecule has 2 heterocycles. The van der Waals surface area contributed by atoms with Crippen molar-refractivity contribution in [2.75, 3.05) is 6.54 Å². The van der Waals surface area contributed by atoms with Crippen LogP contribution in [0.2, 0.25) is 0 Å². The van der Waals surface area contributed by atoms with Gasteiger partial charge in [0.2, 0.25) is 0 Å². The molecule has 3 aromatic rings. The van der Waals surface area contributed by atoms with Gasteiger partial charge in [0.15, 0.2) is 0 Å². The topological polar surface area (TPSA) is 104 Å². The molecule has 1 saturated heterocycles. The number of aromatic nitrogens is 2. The van der Waals surface area contributed by atoms with Crippen LogP contribution in [0.3, 0.4) is 0 Å². The van der Waals surface area contributed by atoms with Gasteiger partial charge in [-0.3, -0.25) is 4.79 Å². The van der Waals surface area contributed by atoms with Crippen molar-refractivity contribution in [3.05, 3.63) is 65.5 Å². The number of hydrogen-bond donors (Lipinski definition) is 3. The third kappa shape index (κ3) is 3.48. The van der Waals surface area contributed by atoms with Crippen LogP contribution in [0.15, 0.2) is 48.5 Å². The van der Waals surface area contributed by atoms with Crippen LogP contribution in [-0.4, -0.2) is 33.4 Å². The summed E-state index contributed by atoms with van der Waals surface area (Å²) in [6, 6.07) is 14.5. The summed E-state index contributed by atoms with van der Waals surface area (Å²) < 4.78 is 0. The van der Waals surface area contributed by atoms with Gasteiger partial charge in [-0.25, -0.2) is 9.78 Å². The lowest BCUT2D eigenvalue weighted by molar-refractivity contribution is 0.0730. The molecule has 0 saturated carbocycles. The summed E-state index contributed by atoms with van der Waals surface area (Å²) >= 11 is 0. The number of aromatic amines is 1. The van der Waals surface area contributed by atoms with E-state index in [0.29, 0.717) is 18.7 Å². The van der Waals surface area contributed by atoms with E-state index in [-0.39, 0.29) is 11.9 Å². The number of para-hydroxylation sites is 2. The van der Waals surface area contributed by atoms with E-state index >= 15 is 0 Å². The highest BCUT2D eigenvalue weighted by Gasteiger charge is 2.32. The first-order chi connectivity index (χ1) is 13.1. The fourth-order valence-corrected chi connectivity index (χ4v) is 3.54. The minimum absolute atomic E-state index is 0.00707. The molecule has 1 aliphatic heterocycles. The second-order valence-corrected chi connectivity index (χ2v) is 6.71. The van der Waals surface area contributed by atoms with Crippen molar-refractivity contribution in [3.63, 3.8) is 0 Å². The highest BCUT2D eigenvalue weighted by Crippen LogP contribution is 2.32. The summed E-state index contributed by atoms with van der Waals surface area (Å²) in [6.07, 6.45) is 1.85. The normalized spacial score (nSPS) is 16.6. The van der Waals surface area contributed by atoms with Crippen LogP contribution in [0.1, 0.15) is 40.6 Å². The Morgan fingerprint density at radius 3 is 2.70 bits per heavy atom. The molecule has 1 fully saturated rings. The third-order valence-corrected chi connectivity index (χ3v) is 4.90. The molecule has 0 unspecified atom stereocenters. The molecule has 2 aromatic carbocycles. The Bertz CT molecular complexity index is 946. The van der Waals surface area contributed by atoms with E-state index in [9.17, 15) is 9.59 Å². The smallest absolute Gasteiger partial charge is 0.312 e. The summed E-state index contributed by atoms with van der Waals surface area (Å²) in [6.45, 7) is 1.06. The van der Waals surface area contributed by atoms with Crippen LogP contribution < -0.4 is 11.1 Å². The van der Waals surface area contributed by atoms with Gasteiger partial charge in [0.1, 0.15) is 5.82 Å². The van der Waals surface area contributed by atoms with Gasteiger partial charge >= 0.3 is 6.03 Å². The lowest BCUT2D eigenvalue weighted by atomic mass is 10.1. The van der Waals surface area contributed by atoms with Gasteiger partial charge < -0.3 is 20.9 Å². The van der Waals surface area contributed by atoms with Crippen molar-refractivity contribution in [1.29, 1.82) is 0 Å². The van der Waals surface area contributed by atoms with Gasteiger partial charge in [-0.05, 0) is 42.7 Å². The SMILES string of the molecule is NC(=O)NCc1ccc(C(=O)N2CCC[C@@H]2c2nc3ccccc3[nH]2)cc1. The minimum Gasteiger partial charge on any atom is -0.352 e. The van der Waals surface area contributed by atoms with E-state index in [1.165, 1.54) is 0 Å². The summed E-state index contributed by atoms with van der Waals surface area (Å²) in [4.78, 5) is 33.7. The number of nitrogens with one attached hydrogen (secondary N) is 2. The number of urea groups is 1. The summed E-state index contributed by atoms with van der Waals surface area (Å²) in [5.74, 6) is 0.830. The first-order valence-electron chi connectivity index (χ1n) is 8.99. The Morgan fingerprint density at radius 2 is 1.96 bits per heavy atom. The zero-order chi connectivity index (χ0) is 18.8. The van der Waals surface area contributed by atoms with Crippen molar-refractivity contribution in [2.24, 2.45) is 5.73 Å². The van der Waals surface area contributed by atoms with Crippen LogP contribution in [0.4, 0.5) is 4.79 Å². The Kier molecular flexibility index (Phi) is 4.50. The van der Waals surface area contributed by atoms with E-state index in [2.05, 4.69) is 15.3 Å². The molecule has 7 heteroatoms. The molecule has 1 aliphatic rings. The highest BCUT2D eigenvalue weighted by molar-refractivity contribution is 5.94. The Morgan fingerprint density at radius 1 is 1.19 bits per heavy atom. The Balaban J connectivity index is 1.52. The number of imidazole rings is 1. The zero-order valence-corrected chi connectivity index (χ0v) is 14.8. The predicted molar refractivity (Wildman–Crippen MR) is 102 cm³/mol. The summed E-state index contributed by atoms with van der Waals surface area (Å²) in [5.41, 5.74) is 8.49. The first kappa shape index (κ1) is 17.1. The molecular formula is C20H21N5O2. The number of carbonyl (C=O) groups is 2. The van der Waals surface area contributed by atoms with E-state index < -0.39 is 6.03 Å². The minimum atomic E-state index is -0.569. The van der Waals surface area contributed by atoms with E-state index in [1.807, 2.05) is 41.3 Å². The maximum atomic E-state index is 13.0. The van der Waals surface area contributed by atoms with Gasteiger partial charge in [0, 0.05) is 18.7 Å². The summed E-state index contributed by atoms with van der Waals surface area (Å²) in [7, 11) is 0. The number of fused-ring (bicyclic) bond motifs is 1. The number of likely N-dealkylation sites (tertiary alicyclic amines) is 1. The van der Waals surface area contributed by atoms with Crippen LogP contribution in [0.5, 0.6) is 0 Å². The maximum absolute atomic E-state index is 13.0. The standard InChI is InChI=1S/C20H21N5O2/c21-20(27)22-12-13-7-9-14(10-8-13)19(26)25-11-3-6-17(25)18-23-15-4-1-2-5-16(15)24-18/h1-2,4-5,7-10,17H,3,6,11-12H2,(H,23,24)(H3,21,22,27)/t17-/m1/s1. The molecule has 1 atom stereocenters. The fourth-order valence-electron chi connectivity index (χ4n) is 3.54. The van der Waals surface area contributed by atoms with Gasteiger partial charge in [-0.2, -0.15) is 0 Å². The van der Waals surface area contributed by atoms with E-state index in [4.69, 9.17) is 5.73 Å². The third-order valence-electron chi connectivity index (χ3n) is 4.90. The number of nitrogens with zero attached hydrogens (tertiary/aromatic N) is 2. The number of benzene rings is 2. The predicted octanol–water partition coefficient (Wildman–Crippen LogP) is 2.71. The first-order valence-corrected chi connectivity index (χ1v) is 8.99. The number of rotatable bonds is 4. The average molecular weight is 363 g/mol. The van der Waals surface area contributed by atoms with Crippen molar-refractivity contribution in [2.45, 2.75) is 25.4 Å². The lowest BCUT2D eigenvalue weighted by Gasteiger charge is -2.23. The van der Waals surface area contributed by atoms with Crippen molar-refractivity contribution >= 4 is 23.0 Å². The van der Waals surface area contributed by atoms with Gasteiger partial charge in [0.25, 0.3) is 5.91 Å². The van der Waals surface area contributed by atoms with Crippen LogP contribution in [0.25, 0.3) is 11.0 Å². The van der Waals surface area contributed by atoms with E-state index in [1.54, 1.807) is 12.1 Å². The molecule has 1 aromatic heterocycles. The van der Waals surface area contributed by atoms with Crippen LogP contribution in [-0.2, 0) is 6.54 Å².